The highest BCUT2D eigenvalue weighted by molar-refractivity contribution is 5.13. The summed E-state index contributed by atoms with van der Waals surface area (Å²) in [6, 6.07) is 0. The van der Waals surface area contributed by atoms with Gasteiger partial charge in [0.1, 0.15) is 17.8 Å². The Bertz CT molecular complexity index is 130. The van der Waals surface area contributed by atoms with Crippen LogP contribution in [0.25, 0.3) is 0 Å². The third-order valence-corrected chi connectivity index (χ3v) is 2.23. The third-order valence-electron chi connectivity index (χ3n) is 2.23. The number of epoxide rings is 3. The van der Waals surface area contributed by atoms with Gasteiger partial charge in [-0.05, 0) is 0 Å². The van der Waals surface area contributed by atoms with Crippen molar-refractivity contribution in [2.75, 3.05) is 19.8 Å². The molecule has 3 rings (SSSR count). The van der Waals surface area contributed by atoms with E-state index in [0.717, 1.165) is 19.8 Å². The Balaban J connectivity index is 1.82. The average Bonchev–Trinajstić information content (AvgIpc) is 2.67. The van der Waals surface area contributed by atoms with Crippen LogP contribution in [0.1, 0.15) is 0 Å². The zero-order valence-electron chi connectivity index (χ0n) is 5.00. The summed E-state index contributed by atoms with van der Waals surface area (Å²) in [5.74, 6) is 0. The minimum Gasteiger partial charge on any atom is -0.370 e. The normalized spacial score (nSPS) is 61.3. The van der Waals surface area contributed by atoms with Crippen molar-refractivity contribution in [2.45, 2.75) is 17.8 Å². The van der Waals surface area contributed by atoms with Crippen molar-refractivity contribution in [3.05, 3.63) is 0 Å². The van der Waals surface area contributed by atoms with E-state index in [-0.39, 0.29) is 5.60 Å². The predicted molar refractivity (Wildman–Crippen MR) is 28.2 cm³/mol. The van der Waals surface area contributed by atoms with Crippen LogP contribution in [-0.4, -0.2) is 37.6 Å². The lowest BCUT2D eigenvalue weighted by Crippen LogP contribution is -2.26. The van der Waals surface area contributed by atoms with Gasteiger partial charge in [-0.25, -0.2) is 0 Å². The van der Waals surface area contributed by atoms with Gasteiger partial charge < -0.3 is 14.2 Å². The molecule has 50 valence electrons. The van der Waals surface area contributed by atoms with Gasteiger partial charge in [0.2, 0.25) is 0 Å². The van der Waals surface area contributed by atoms with Crippen LogP contribution in [0.15, 0.2) is 0 Å². The summed E-state index contributed by atoms with van der Waals surface area (Å²) in [5, 5.41) is 0. The maximum absolute atomic E-state index is 5.29. The van der Waals surface area contributed by atoms with E-state index in [1.807, 2.05) is 0 Å². The maximum atomic E-state index is 5.29. The van der Waals surface area contributed by atoms with E-state index in [9.17, 15) is 0 Å². The van der Waals surface area contributed by atoms with Crippen molar-refractivity contribution in [1.29, 1.82) is 0 Å². The first-order chi connectivity index (χ1) is 4.42. The van der Waals surface area contributed by atoms with Crippen LogP contribution in [0.4, 0.5) is 0 Å². The first kappa shape index (κ1) is 4.66. The van der Waals surface area contributed by atoms with Crippen molar-refractivity contribution in [2.24, 2.45) is 0 Å². The van der Waals surface area contributed by atoms with Crippen molar-refractivity contribution in [3.8, 4) is 0 Å². The molecule has 3 saturated heterocycles. The summed E-state index contributed by atoms with van der Waals surface area (Å²) in [6.07, 6.45) is 0.731. The molecule has 2 atom stereocenters. The molecule has 0 aromatic carbocycles. The van der Waals surface area contributed by atoms with Gasteiger partial charge >= 0.3 is 0 Å². The van der Waals surface area contributed by atoms with E-state index in [2.05, 4.69) is 0 Å². The first-order valence-corrected chi connectivity index (χ1v) is 3.29. The monoisotopic (exact) mass is 128 g/mol. The average molecular weight is 128 g/mol. The highest BCUT2D eigenvalue weighted by Crippen LogP contribution is 2.47. The largest absolute Gasteiger partial charge is 0.370 e. The quantitative estimate of drug-likeness (QED) is 0.473. The summed E-state index contributed by atoms with van der Waals surface area (Å²) in [5.41, 5.74) is 0.0278. The Morgan fingerprint density at radius 2 is 1.56 bits per heavy atom. The molecular weight excluding hydrogens is 120 g/mol. The van der Waals surface area contributed by atoms with Crippen LogP contribution >= 0.6 is 0 Å². The highest BCUT2D eigenvalue weighted by atomic mass is 16.7. The molecule has 0 aromatic rings. The van der Waals surface area contributed by atoms with Gasteiger partial charge in [0.25, 0.3) is 0 Å². The lowest BCUT2D eigenvalue weighted by molar-refractivity contribution is 0.191. The molecule has 0 radical (unpaired) electrons. The van der Waals surface area contributed by atoms with Gasteiger partial charge in [-0.2, -0.15) is 0 Å². The molecule has 2 unspecified atom stereocenters. The van der Waals surface area contributed by atoms with Gasteiger partial charge in [0, 0.05) is 0 Å². The molecule has 3 aliphatic heterocycles. The standard InChI is InChI=1S/C6H8O3/c1-4(7-1)6(3-9-6)5-2-8-5/h4-5H,1-3H2. The highest BCUT2D eigenvalue weighted by Gasteiger charge is 2.67. The lowest BCUT2D eigenvalue weighted by Gasteiger charge is -2.00. The first-order valence-electron chi connectivity index (χ1n) is 3.29. The van der Waals surface area contributed by atoms with E-state index >= 15 is 0 Å². The Hall–Kier alpha value is -0.120. The summed E-state index contributed by atoms with van der Waals surface area (Å²) in [6.45, 7) is 2.60. The molecule has 3 heteroatoms. The zero-order valence-corrected chi connectivity index (χ0v) is 5.00. The zero-order chi connectivity index (χ0) is 5.90. The predicted octanol–water partition coefficient (Wildman–Crippen LogP) is -0.447. The molecule has 0 bridgehead atoms. The second-order valence-corrected chi connectivity index (χ2v) is 2.89. The molecule has 0 amide bonds. The van der Waals surface area contributed by atoms with Gasteiger partial charge in [0.05, 0.1) is 19.8 Å². The lowest BCUT2D eigenvalue weighted by atomic mass is 10.0. The number of rotatable bonds is 2. The molecule has 0 aromatic heterocycles. The minimum absolute atomic E-state index is 0.0278. The topological polar surface area (TPSA) is 37.6 Å². The Labute approximate surface area is 52.9 Å². The molecule has 9 heavy (non-hydrogen) atoms. The van der Waals surface area contributed by atoms with Gasteiger partial charge in [0.15, 0.2) is 0 Å². The molecule has 0 saturated carbocycles. The SMILES string of the molecule is C1OC1C1(C2CO2)CO1. The molecule has 0 aliphatic carbocycles. The van der Waals surface area contributed by atoms with Crippen molar-refractivity contribution >= 4 is 0 Å². The summed E-state index contributed by atoms with van der Waals surface area (Å²) < 4.78 is 15.6. The fourth-order valence-electron chi connectivity index (χ4n) is 1.32. The van der Waals surface area contributed by atoms with Gasteiger partial charge in [-0.1, -0.05) is 0 Å². The molecule has 3 aliphatic rings. The summed E-state index contributed by atoms with van der Waals surface area (Å²) in [4.78, 5) is 0. The molecule has 3 nitrogen and oxygen atoms in total. The Morgan fingerprint density at radius 1 is 1.11 bits per heavy atom. The number of ether oxygens (including phenoxy) is 3. The van der Waals surface area contributed by atoms with E-state index in [1.165, 1.54) is 0 Å². The molecular formula is C6H8O3. The molecule has 0 N–H and O–H groups in total. The molecule has 0 spiro atoms. The molecule has 3 fully saturated rings. The summed E-state index contributed by atoms with van der Waals surface area (Å²) >= 11 is 0. The fourth-order valence-corrected chi connectivity index (χ4v) is 1.32. The van der Waals surface area contributed by atoms with E-state index in [4.69, 9.17) is 14.2 Å². The van der Waals surface area contributed by atoms with Gasteiger partial charge in [-0.3, -0.25) is 0 Å². The van der Waals surface area contributed by atoms with Crippen LogP contribution in [0.5, 0.6) is 0 Å². The number of hydrogen-bond donors (Lipinski definition) is 0. The van der Waals surface area contributed by atoms with Crippen molar-refractivity contribution in [3.63, 3.8) is 0 Å². The smallest absolute Gasteiger partial charge is 0.148 e. The third kappa shape index (κ3) is 0.520. The van der Waals surface area contributed by atoms with Crippen LogP contribution < -0.4 is 0 Å². The molecule has 3 heterocycles. The second-order valence-electron chi connectivity index (χ2n) is 2.89. The maximum Gasteiger partial charge on any atom is 0.148 e. The second kappa shape index (κ2) is 1.17. The summed E-state index contributed by atoms with van der Waals surface area (Å²) in [7, 11) is 0. The van der Waals surface area contributed by atoms with Crippen LogP contribution in [0.2, 0.25) is 0 Å². The number of hydrogen-bond acceptors (Lipinski definition) is 3. The van der Waals surface area contributed by atoms with Crippen LogP contribution in [-0.2, 0) is 14.2 Å². The van der Waals surface area contributed by atoms with Gasteiger partial charge in [-0.15, -0.1) is 0 Å². The van der Waals surface area contributed by atoms with Crippen LogP contribution in [0, 0.1) is 0 Å². The van der Waals surface area contributed by atoms with Crippen LogP contribution in [0.3, 0.4) is 0 Å². The van der Waals surface area contributed by atoms with Crippen molar-refractivity contribution < 1.29 is 14.2 Å². The van der Waals surface area contributed by atoms with E-state index in [0.29, 0.717) is 12.2 Å². The van der Waals surface area contributed by atoms with E-state index < -0.39 is 0 Å². The van der Waals surface area contributed by atoms with E-state index in [1.54, 1.807) is 0 Å². The van der Waals surface area contributed by atoms with Crippen molar-refractivity contribution in [1.82, 2.24) is 0 Å². The minimum atomic E-state index is 0.0278. The Morgan fingerprint density at radius 3 is 1.78 bits per heavy atom. The Kier molecular flexibility index (Phi) is 0.604. The fraction of sp³-hybridized carbons (Fsp3) is 1.00.